The zero-order chi connectivity index (χ0) is 21.6. The molecule has 0 aliphatic heterocycles. The van der Waals surface area contributed by atoms with Gasteiger partial charge < -0.3 is 14.8 Å². The third-order valence-corrected chi connectivity index (χ3v) is 6.06. The van der Waals surface area contributed by atoms with Crippen molar-refractivity contribution in [3.63, 3.8) is 0 Å². The quantitative estimate of drug-likeness (QED) is 0.632. The Kier molecular flexibility index (Phi) is 7.60. The first-order valence-corrected chi connectivity index (χ1v) is 10.3. The van der Waals surface area contributed by atoms with E-state index in [9.17, 15) is 18.0 Å². The Bertz CT molecular complexity index is 1010. The zero-order valence-electron chi connectivity index (χ0n) is 16.1. The van der Waals surface area contributed by atoms with Gasteiger partial charge in [0.05, 0.1) is 24.1 Å². The molecule has 0 unspecified atom stereocenters. The van der Waals surface area contributed by atoms with E-state index in [1.807, 2.05) is 0 Å². The number of hydrogen-bond donors (Lipinski definition) is 1. The molecule has 1 N–H and O–H groups in total. The summed E-state index contributed by atoms with van der Waals surface area (Å²) in [5.74, 6) is -1.00. The second-order valence-corrected chi connectivity index (χ2v) is 8.69. The molecule has 2 rings (SSSR count). The Morgan fingerprint density at radius 2 is 1.83 bits per heavy atom. The minimum Gasteiger partial charge on any atom is -0.495 e. The van der Waals surface area contributed by atoms with Crippen molar-refractivity contribution < 1.29 is 27.5 Å². The molecule has 0 heterocycles. The number of benzene rings is 2. The van der Waals surface area contributed by atoms with Gasteiger partial charge in [0.2, 0.25) is 10.0 Å². The van der Waals surface area contributed by atoms with Crippen LogP contribution in [0.4, 0.5) is 5.69 Å². The highest BCUT2D eigenvalue weighted by molar-refractivity contribution is 7.89. The summed E-state index contributed by atoms with van der Waals surface area (Å²) in [5, 5.41) is 2.92. The molecule has 2 aromatic rings. The average molecular weight is 441 g/mol. The number of halogens is 1. The number of carbonyl (C=O) groups excluding carboxylic acids is 2. The van der Waals surface area contributed by atoms with Gasteiger partial charge in [-0.15, -0.1) is 0 Å². The Morgan fingerprint density at radius 3 is 2.45 bits per heavy atom. The van der Waals surface area contributed by atoms with Crippen molar-refractivity contribution in [1.29, 1.82) is 0 Å². The molecule has 1 amide bonds. The van der Waals surface area contributed by atoms with Gasteiger partial charge in [0.1, 0.15) is 5.75 Å². The molecule has 29 heavy (non-hydrogen) atoms. The summed E-state index contributed by atoms with van der Waals surface area (Å²) in [7, 11) is 0.486. The molecule has 0 saturated carbocycles. The van der Waals surface area contributed by atoms with Gasteiger partial charge in [0.15, 0.2) is 6.61 Å². The maximum absolute atomic E-state index is 12.3. The molecule has 156 valence electrons. The number of nitrogens with zero attached hydrogens (tertiary/aromatic N) is 1. The van der Waals surface area contributed by atoms with Crippen molar-refractivity contribution in [2.75, 3.05) is 33.1 Å². The van der Waals surface area contributed by atoms with E-state index >= 15 is 0 Å². The molecule has 8 nitrogen and oxygen atoms in total. The first-order chi connectivity index (χ1) is 13.6. The lowest BCUT2D eigenvalue weighted by atomic mass is 10.1. The summed E-state index contributed by atoms with van der Waals surface area (Å²) in [6.07, 6.45) is -0.0765. The van der Waals surface area contributed by atoms with E-state index in [-0.39, 0.29) is 22.8 Å². The predicted molar refractivity (Wildman–Crippen MR) is 109 cm³/mol. The van der Waals surface area contributed by atoms with E-state index in [0.717, 1.165) is 4.31 Å². The normalized spacial score (nSPS) is 11.2. The number of sulfonamides is 1. The van der Waals surface area contributed by atoms with Crippen LogP contribution in [0.1, 0.15) is 5.56 Å². The highest BCUT2D eigenvalue weighted by Crippen LogP contribution is 2.28. The monoisotopic (exact) mass is 440 g/mol. The van der Waals surface area contributed by atoms with E-state index in [4.69, 9.17) is 21.1 Å². The van der Waals surface area contributed by atoms with Crippen molar-refractivity contribution >= 4 is 39.2 Å². The van der Waals surface area contributed by atoms with Gasteiger partial charge in [-0.3, -0.25) is 9.59 Å². The number of amides is 1. The average Bonchev–Trinajstić information content (AvgIpc) is 2.68. The van der Waals surface area contributed by atoms with Gasteiger partial charge in [-0.1, -0.05) is 29.8 Å². The fourth-order valence-corrected chi connectivity index (χ4v) is 3.47. The SMILES string of the molecule is COc1ccc(S(=O)(=O)N(C)C)cc1NC(=O)COC(=O)Cc1ccccc1Cl. The third kappa shape index (κ3) is 5.93. The zero-order valence-corrected chi connectivity index (χ0v) is 17.7. The van der Waals surface area contributed by atoms with Crippen molar-refractivity contribution in [3.05, 3.63) is 53.1 Å². The lowest BCUT2D eigenvalue weighted by Gasteiger charge is -2.15. The van der Waals surface area contributed by atoms with Gasteiger partial charge in [-0.2, -0.15) is 0 Å². The van der Waals surface area contributed by atoms with Crippen LogP contribution in [0.2, 0.25) is 5.02 Å². The maximum atomic E-state index is 12.3. The van der Waals surface area contributed by atoms with Crippen LogP contribution in [0.25, 0.3) is 0 Å². The number of hydrogen-bond acceptors (Lipinski definition) is 6. The molecule has 0 atom stereocenters. The summed E-state index contributed by atoms with van der Waals surface area (Å²) >= 11 is 5.99. The van der Waals surface area contributed by atoms with Crippen LogP contribution in [-0.4, -0.2) is 52.4 Å². The van der Waals surface area contributed by atoms with E-state index in [0.29, 0.717) is 10.6 Å². The minimum absolute atomic E-state index is 0.0192. The van der Waals surface area contributed by atoms with Gasteiger partial charge in [0, 0.05) is 19.1 Å². The van der Waals surface area contributed by atoms with Crippen LogP contribution in [0.5, 0.6) is 5.75 Å². The molecule has 0 aromatic heterocycles. The largest absolute Gasteiger partial charge is 0.495 e. The van der Waals surface area contributed by atoms with Crippen molar-refractivity contribution in [2.24, 2.45) is 0 Å². The van der Waals surface area contributed by atoms with E-state index in [2.05, 4.69) is 5.32 Å². The van der Waals surface area contributed by atoms with Crippen molar-refractivity contribution in [2.45, 2.75) is 11.3 Å². The summed E-state index contributed by atoms with van der Waals surface area (Å²) in [6.45, 7) is -0.545. The van der Waals surface area contributed by atoms with Crippen LogP contribution in [0.3, 0.4) is 0 Å². The molecule has 0 spiro atoms. The predicted octanol–water partition coefficient (Wildman–Crippen LogP) is 2.32. The summed E-state index contributed by atoms with van der Waals surface area (Å²) in [5.41, 5.74) is 0.727. The van der Waals surface area contributed by atoms with E-state index < -0.39 is 28.5 Å². The fourth-order valence-electron chi connectivity index (χ4n) is 2.34. The van der Waals surface area contributed by atoms with Gasteiger partial charge in [0.25, 0.3) is 5.91 Å². The Morgan fingerprint density at radius 1 is 1.14 bits per heavy atom. The number of ether oxygens (including phenoxy) is 2. The molecule has 0 bridgehead atoms. The third-order valence-electron chi connectivity index (χ3n) is 3.88. The minimum atomic E-state index is -3.70. The first-order valence-electron chi connectivity index (χ1n) is 8.44. The van der Waals surface area contributed by atoms with Crippen LogP contribution in [0, 0.1) is 0 Å². The van der Waals surface area contributed by atoms with Crippen LogP contribution in [0.15, 0.2) is 47.4 Å². The molecule has 0 aliphatic carbocycles. The van der Waals surface area contributed by atoms with Crippen molar-refractivity contribution in [3.8, 4) is 5.75 Å². The standard InChI is InChI=1S/C19H21ClN2O6S/c1-22(2)29(25,26)14-8-9-17(27-3)16(11-14)21-18(23)12-28-19(24)10-13-6-4-5-7-15(13)20/h4-9,11H,10,12H2,1-3H3,(H,21,23). The fraction of sp³-hybridized carbons (Fsp3) is 0.263. The summed E-state index contributed by atoms with van der Waals surface area (Å²) < 4.78 is 35.7. The first kappa shape index (κ1) is 22.7. The lowest BCUT2D eigenvalue weighted by molar-refractivity contribution is -0.146. The van der Waals surface area contributed by atoms with Crippen LogP contribution in [-0.2, 0) is 30.8 Å². The molecular weight excluding hydrogens is 420 g/mol. The van der Waals surface area contributed by atoms with E-state index in [1.165, 1.54) is 39.4 Å². The van der Waals surface area contributed by atoms with E-state index in [1.54, 1.807) is 24.3 Å². The second-order valence-electron chi connectivity index (χ2n) is 6.13. The topological polar surface area (TPSA) is 102 Å². The maximum Gasteiger partial charge on any atom is 0.310 e. The number of anilines is 1. The number of rotatable bonds is 8. The van der Waals surface area contributed by atoms with Crippen LogP contribution >= 0.6 is 11.6 Å². The van der Waals surface area contributed by atoms with Gasteiger partial charge >= 0.3 is 5.97 Å². The summed E-state index contributed by atoms with van der Waals surface area (Å²) in [4.78, 5) is 24.1. The summed E-state index contributed by atoms with van der Waals surface area (Å²) in [6, 6.07) is 10.9. The smallest absolute Gasteiger partial charge is 0.310 e. The Hall–Kier alpha value is -2.62. The molecule has 0 aliphatic rings. The lowest BCUT2D eigenvalue weighted by Crippen LogP contribution is -2.24. The van der Waals surface area contributed by atoms with Gasteiger partial charge in [-0.25, -0.2) is 12.7 Å². The second kappa shape index (κ2) is 9.73. The molecule has 0 fully saturated rings. The highest BCUT2D eigenvalue weighted by atomic mass is 35.5. The molecule has 10 heteroatoms. The molecule has 0 radical (unpaired) electrons. The highest BCUT2D eigenvalue weighted by Gasteiger charge is 2.20. The number of carbonyl (C=O) groups is 2. The van der Waals surface area contributed by atoms with Crippen molar-refractivity contribution in [1.82, 2.24) is 4.31 Å². The number of methoxy groups -OCH3 is 1. The Balaban J connectivity index is 2.04. The number of esters is 1. The Labute approximate surface area is 174 Å². The molecule has 2 aromatic carbocycles. The van der Waals surface area contributed by atoms with Crippen LogP contribution < -0.4 is 10.1 Å². The van der Waals surface area contributed by atoms with Gasteiger partial charge in [-0.05, 0) is 29.8 Å². The molecular formula is C19H21ClN2O6S. The molecule has 0 saturated heterocycles. The number of nitrogens with one attached hydrogen (secondary N) is 1.